The molecule has 2 aromatic rings. The van der Waals surface area contributed by atoms with Crippen LogP contribution in [0.4, 0.5) is 0 Å². The molecule has 4 atom stereocenters. The lowest BCUT2D eigenvalue weighted by molar-refractivity contribution is -0.117. The summed E-state index contributed by atoms with van der Waals surface area (Å²) in [5.41, 5.74) is 15.2. The van der Waals surface area contributed by atoms with Crippen LogP contribution in [0.5, 0.6) is 17.2 Å². The molecule has 1 fully saturated rings. The summed E-state index contributed by atoms with van der Waals surface area (Å²) in [6, 6.07) is 8.21. The van der Waals surface area contributed by atoms with E-state index >= 15 is 0 Å². The summed E-state index contributed by atoms with van der Waals surface area (Å²) in [7, 11) is 1.63. The minimum absolute atomic E-state index is 0.00316. The predicted octanol–water partition coefficient (Wildman–Crippen LogP) is 5.93. The van der Waals surface area contributed by atoms with Crippen molar-refractivity contribution in [1.29, 1.82) is 0 Å². The Morgan fingerprint density at radius 2 is 1.82 bits per heavy atom. The molecule has 7 N–H and O–H groups in total. The molecule has 276 valence electrons. The zero-order chi connectivity index (χ0) is 36.9. The van der Waals surface area contributed by atoms with Gasteiger partial charge in [-0.25, -0.2) is 4.99 Å². The molecule has 2 aliphatic rings. The van der Waals surface area contributed by atoms with Gasteiger partial charge in [-0.1, -0.05) is 37.3 Å². The monoisotopic (exact) mass is 701 g/mol. The number of aliphatic hydroxyl groups excluding tert-OH is 1. The molecule has 0 spiro atoms. The number of nitrogens with zero attached hydrogens (tertiary/aromatic N) is 1. The average Bonchev–Trinajstić information content (AvgIpc) is 3.60. The van der Waals surface area contributed by atoms with Crippen molar-refractivity contribution >= 4 is 17.5 Å². The molecule has 1 saturated carbocycles. The fraction of sp³-hybridized carbons (Fsp3) is 0.537. The molecular weight excluding hydrogens is 646 g/mol. The molecule has 0 amide bonds. The van der Waals surface area contributed by atoms with Gasteiger partial charge in [0.1, 0.15) is 11.5 Å². The Kier molecular flexibility index (Phi) is 15.0. The zero-order valence-corrected chi connectivity index (χ0v) is 30.3. The van der Waals surface area contributed by atoms with E-state index in [1.165, 1.54) is 6.08 Å². The minimum atomic E-state index is -0.529. The van der Waals surface area contributed by atoms with Crippen LogP contribution in [-0.4, -0.2) is 65.3 Å². The van der Waals surface area contributed by atoms with Crippen LogP contribution in [0.1, 0.15) is 119 Å². The summed E-state index contributed by atoms with van der Waals surface area (Å²) < 4.78 is 12.3. The molecule has 0 unspecified atom stereocenters. The maximum atomic E-state index is 13.3. The second-order valence-electron chi connectivity index (χ2n) is 14.0. The number of fused-ring (bicyclic) bond motifs is 1. The van der Waals surface area contributed by atoms with Crippen molar-refractivity contribution in [3.05, 3.63) is 64.2 Å². The third kappa shape index (κ3) is 11.1. The number of phenols is 2. The van der Waals surface area contributed by atoms with Gasteiger partial charge < -0.3 is 41.1 Å². The predicted molar refractivity (Wildman–Crippen MR) is 199 cm³/mol. The second-order valence-corrected chi connectivity index (χ2v) is 14.0. The number of ketones is 2. The number of carbonyl (C=O) groups excluding carboxylic acids is 2. The molecule has 0 radical (unpaired) electrons. The lowest BCUT2D eigenvalue weighted by Crippen LogP contribution is -2.29. The first-order valence-corrected chi connectivity index (χ1v) is 18.3. The summed E-state index contributed by atoms with van der Waals surface area (Å²) >= 11 is 0. The number of hydrogen-bond acceptors (Lipinski definition) is 8. The Bertz CT molecular complexity index is 1630. The average molecular weight is 702 g/mol. The summed E-state index contributed by atoms with van der Waals surface area (Å²) in [5.74, 6) is 6.07. The molecule has 2 aliphatic carbocycles. The number of aliphatic hydroxyl groups is 1. The SMILES string of the molecule is CCC/C(=C/C(=O)CCc1cc(OC2CCCC2)c(O)c2c1C#C[C@@H](c1cccc(O)c1)[C@H](N=C(N)N)CC[C@H](COC)[C@H]2CCC(C)=O)CO. The van der Waals surface area contributed by atoms with E-state index in [1.807, 2.05) is 19.1 Å². The largest absolute Gasteiger partial charge is 0.508 e. The number of carbonyl (C=O) groups is 2. The number of guanidine groups is 1. The van der Waals surface area contributed by atoms with Crippen LogP contribution in [0.3, 0.4) is 0 Å². The van der Waals surface area contributed by atoms with E-state index in [2.05, 4.69) is 16.8 Å². The number of ether oxygens (including phenoxy) is 2. The standard InChI is InChI=1S/C41H55N3O7/c1-4-8-27(24-45)21-32(48)16-14-29-23-38(51-33-11-5-6-12-33)40(49)39-35(29)19-18-34(28-9-7-10-31(47)22-28)37(44-41(42)43)20-15-30(25-50-3)36(39)17-13-26(2)46/h7,9-10,21-23,30,33-34,36-37,45,47,49H,4-6,8,11-17,20,24-25H2,1-3H3,(H4,42,43,44)/b27-21-/t30-,34+,36-,37-/m1/s1. The van der Waals surface area contributed by atoms with Crippen LogP contribution in [0.25, 0.3) is 0 Å². The number of Topliss-reactive ketones (excluding diaryl/α,β-unsaturated/α-hetero) is 1. The highest BCUT2D eigenvalue weighted by molar-refractivity contribution is 5.90. The second kappa shape index (κ2) is 19.3. The summed E-state index contributed by atoms with van der Waals surface area (Å²) in [5, 5.41) is 32.4. The van der Waals surface area contributed by atoms with Gasteiger partial charge in [0, 0.05) is 37.7 Å². The molecule has 0 aromatic heterocycles. The number of methoxy groups -OCH3 is 1. The zero-order valence-electron chi connectivity index (χ0n) is 30.3. The molecule has 2 aromatic carbocycles. The number of phenolic OH excluding ortho intramolecular Hbond substituents is 2. The molecule has 0 saturated heterocycles. The van der Waals surface area contributed by atoms with Crippen LogP contribution in [-0.2, 0) is 20.7 Å². The number of benzene rings is 2. The first kappa shape index (κ1) is 39.5. The van der Waals surface area contributed by atoms with Crippen molar-refractivity contribution < 1.29 is 34.4 Å². The third-order valence-corrected chi connectivity index (χ3v) is 10.0. The van der Waals surface area contributed by atoms with Crippen LogP contribution >= 0.6 is 0 Å². The number of allylic oxidation sites excluding steroid dienone is 1. The van der Waals surface area contributed by atoms with Gasteiger partial charge in [0.2, 0.25) is 0 Å². The lowest BCUT2D eigenvalue weighted by Gasteiger charge is -2.32. The first-order chi connectivity index (χ1) is 24.5. The molecule has 0 aliphatic heterocycles. The maximum absolute atomic E-state index is 13.3. The Morgan fingerprint density at radius 1 is 1.06 bits per heavy atom. The number of aliphatic imine (C=N–C) groups is 1. The van der Waals surface area contributed by atoms with E-state index in [-0.39, 0.29) is 66.4 Å². The first-order valence-electron chi connectivity index (χ1n) is 18.3. The van der Waals surface area contributed by atoms with E-state index in [9.17, 15) is 24.9 Å². The van der Waals surface area contributed by atoms with Crippen molar-refractivity contribution in [2.24, 2.45) is 22.4 Å². The third-order valence-electron chi connectivity index (χ3n) is 10.0. The minimum Gasteiger partial charge on any atom is -0.508 e. The highest BCUT2D eigenvalue weighted by Gasteiger charge is 2.34. The fourth-order valence-electron chi connectivity index (χ4n) is 7.52. The maximum Gasteiger partial charge on any atom is 0.186 e. The molecule has 0 bridgehead atoms. The van der Waals surface area contributed by atoms with Crippen molar-refractivity contribution in [1.82, 2.24) is 0 Å². The van der Waals surface area contributed by atoms with Gasteiger partial charge in [-0.3, -0.25) is 4.79 Å². The van der Waals surface area contributed by atoms with Crippen LogP contribution < -0.4 is 16.2 Å². The quantitative estimate of drug-likeness (QED) is 0.0615. The smallest absolute Gasteiger partial charge is 0.186 e. The normalized spacial score (nSPS) is 20.9. The summed E-state index contributed by atoms with van der Waals surface area (Å²) in [4.78, 5) is 30.3. The van der Waals surface area contributed by atoms with Gasteiger partial charge in [-0.2, -0.15) is 0 Å². The Balaban J connectivity index is 2.00. The lowest BCUT2D eigenvalue weighted by atomic mass is 9.74. The Morgan fingerprint density at radius 3 is 2.47 bits per heavy atom. The molecular formula is C41H55N3O7. The molecule has 10 heteroatoms. The van der Waals surface area contributed by atoms with Crippen LogP contribution in [0, 0.1) is 17.8 Å². The van der Waals surface area contributed by atoms with E-state index < -0.39 is 12.0 Å². The molecule has 4 rings (SSSR count). The van der Waals surface area contributed by atoms with Crippen LogP contribution in [0.2, 0.25) is 0 Å². The topological polar surface area (TPSA) is 178 Å². The van der Waals surface area contributed by atoms with Crippen molar-refractivity contribution in [2.75, 3.05) is 20.3 Å². The number of aryl methyl sites for hydroxylation is 1. The number of nitrogens with two attached hydrogens (primary N) is 2. The number of hydrogen-bond donors (Lipinski definition) is 5. The summed E-state index contributed by atoms with van der Waals surface area (Å²) in [6.07, 6.45) is 9.09. The van der Waals surface area contributed by atoms with E-state index in [0.29, 0.717) is 61.2 Å². The van der Waals surface area contributed by atoms with Gasteiger partial charge in [-0.15, -0.1) is 0 Å². The Hall–Kier alpha value is -4.33. The van der Waals surface area contributed by atoms with Gasteiger partial charge in [0.15, 0.2) is 23.2 Å². The highest BCUT2D eigenvalue weighted by atomic mass is 16.5. The van der Waals surface area contributed by atoms with Crippen molar-refractivity contribution in [3.63, 3.8) is 0 Å². The Labute approximate surface area is 302 Å². The molecule has 10 nitrogen and oxygen atoms in total. The van der Waals surface area contributed by atoms with Crippen molar-refractivity contribution in [2.45, 2.75) is 115 Å². The number of rotatable bonds is 16. The summed E-state index contributed by atoms with van der Waals surface area (Å²) in [6.45, 7) is 3.72. The highest BCUT2D eigenvalue weighted by Crippen LogP contribution is 2.47. The number of aromatic hydroxyl groups is 2. The van der Waals surface area contributed by atoms with Gasteiger partial charge in [-0.05, 0) is 118 Å². The molecule has 0 heterocycles. The van der Waals surface area contributed by atoms with Gasteiger partial charge in [0.25, 0.3) is 0 Å². The molecule has 51 heavy (non-hydrogen) atoms. The van der Waals surface area contributed by atoms with E-state index in [0.717, 1.165) is 43.2 Å². The van der Waals surface area contributed by atoms with Gasteiger partial charge >= 0.3 is 0 Å². The van der Waals surface area contributed by atoms with Gasteiger partial charge in [0.05, 0.1) is 24.7 Å². The van der Waals surface area contributed by atoms with Crippen LogP contribution in [0.15, 0.2) is 47.0 Å². The fourth-order valence-corrected chi connectivity index (χ4v) is 7.52. The van der Waals surface area contributed by atoms with E-state index in [1.54, 1.807) is 32.2 Å². The van der Waals surface area contributed by atoms with E-state index in [4.69, 9.17) is 20.9 Å². The van der Waals surface area contributed by atoms with Crippen molar-refractivity contribution in [3.8, 4) is 29.1 Å².